The average Bonchev–Trinajstić information content (AvgIpc) is 3.15. The minimum absolute atomic E-state index is 0.0522. The van der Waals surface area contributed by atoms with E-state index in [1.807, 2.05) is 38.1 Å². The summed E-state index contributed by atoms with van der Waals surface area (Å²) in [6, 6.07) is 12.6. The van der Waals surface area contributed by atoms with Crippen LogP contribution >= 0.6 is 0 Å². The molecule has 0 saturated carbocycles. The van der Waals surface area contributed by atoms with E-state index in [9.17, 15) is 17.6 Å². The molecular formula is C24H30FNO5S. The van der Waals surface area contributed by atoms with Gasteiger partial charge in [-0.1, -0.05) is 26.0 Å². The second kappa shape index (κ2) is 10.8. The van der Waals surface area contributed by atoms with Gasteiger partial charge in [-0.15, -0.1) is 0 Å². The highest BCUT2D eigenvalue weighted by Gasteiger charge is 2.37. The molecule has 1 heterocycles. The lowest BCUT2D eigenvalue weighted by Gasteiger charge is -2.32. The van der Waals surface area contributed by atoms with Crippen molar-refractivity contribution in [2.24, 2.45) is 0 Å². The number of hydrogen-bond acceptors (Lipinski definition) is 5. The van der Waals surface area contributed by atoms with Gasteiger partial charge in [-0.05, 0) is 61.2 Å². The summed E-state index contributed by atoms with van der Waals surface area (Å²) in [6.45, 7) is 4.76. The molecule has 2 aromatic rings. The van der Waals surface area contributed by atoms with Crippen LogP contribution in [-0.2, 0) is 21.2 Å². The Morgan fingerprint density at radius 3 is 2.31 bits per heavy atom. The summed E-state index contributed by atoms with van der Waals surface area (Å²) < 4.78 is 48.9. The third-order valence-electron chi connectivity index (χ3n) is 5.42. The number of carbonyl (C=O) groups is 1. The highest BCUT2D eigenvalue weighted by molar-refractivity contribution is 7.91. The first-order valence-corrected chi connectivity index (χ1v) is 12.8. The summed E-state index contributed by atoms with van der Waals surface area (Å²) in [5, 5.41) is 0. The van der Waals surface area contributed by atoms with E-state index in [0.29, 0.717) is 25.2 Å². The van der Waals surface area contributed by atoms with Gasteiger partial charge in [-0.3, -0.25) is 4.79 Å². The first kappa shape index (κ1) is 24.0. The van der Waals surface area contributed by atoms with Crippen molar-refractivity contribution in [1.29, 1.82) is 0 Å². The maximum Gasteiger partial charge on any atom is 0.264 e. The lowest BCUT2D eigenvalue weighted by atomic mass is 10.1. The van der Waals surface area contributed by atoms with Crippen LogP contribution in [0.15, 0.2) is 48.5 Å². The summed E-state index contributed by atoms with van der Waals surface area (Å²) in [7, 11) is -3.18. The minimum Gasteiger partial charge on any atom is -0.494 e. The van der Waals surface area contributed by atoms with E-state index < -0.39 is 22.0 Å². The van der Waals surface area contributed by atoms with Crippen LogP contribution < -0.4 is 9.47 Å². The zero-order valence-corrected chi connectivity index (χ0v) is 19.3. The molecule has 8 heteroatoms. The minimum atomic E-state index is -3.18. The lowest BCUT2D eigenvalue weighted by molar-refractivity contribution is -0.141. The fraction of sp³-hybridized carbons (Fsp3) is 0.458. The highest BCUT2D eigenvalue weighted by Crippen LogP contribution is 2.24. The Kier molecular flexibility index (Phi) is 8.12. The summed E-state index contributed by atoms with van der Waals surface area (Å²) in [6.07, 6.45) is 0.914. The summed E-state index contributed by atoms with van der Waals surface area (Å²) in [5.74, 6) is 0.502. The molecule has 0 bridgehead atoms. The first-order chi connectivity index (χ1) is 15.3. The predicted octanol–water partition coefficient (Wildman–Crippen LogP) is 3.99. The standard InChI is InChI=1S/C24H30FNO5S/c1-3-14-30-21-9-5-18(6-10-21)16-26(20-13-15-32(28,29)17-20)24(27)23(4-2)31-22-11-7-19(25)8-12-22/h5-12,20,23H,3-4,13-17H2,1-2H3. The third-order valence-corrected chi connectivity index (χ3v) is 7.17. The van der Waals surface area contributed by atoms with Gasteiger partial charge >= 0.3 is 0 Å². The number of ether oxygens (including phenoxy) is 2. The zero-order chi connectivity index (χ0) is 23.1. The molecule has 0 N–H and O–H groups in total. The van der Waals surface area contributed by atoms with Crippen LogP contribution in [0, 0.1) is 5.82 Å². The fourth-order valence-electron chi connectivity index (χ4n) is 3.69. The third kappa shape index (κ3) is 6.45. The number of amides is 1. The average molecular weight is 464 g/mol. The van der Waals surface area contributed by atoms with Gasteiger partial charge in [0.05, 0.1) is 18.1 Å². The number of carbonyl (C=O) groups excluding carboxylic acids is 1. The molecule has 1 aliphatic rings. The molecule has 0 aliphatic carbocycles. The predicted molar refractivity (Wildman–Crippen MR) is 121 cm³/mol. The largest absolute Gasteiger partial charge is 0.494 e. The van der Waals surface area contributed by atoms with Crippen molar-refractivity contribution in [3.63, 3.8) is 0 Å². The molecule has 0 radical (unpaired) electrons. The molecule has 32 heavy (non-hydrogen) atoms. The van der Waals surface area contributed by atoms with E-state index in [1.165, 1.54) is 24.3 Å². The number of rotatable bonds is 10. The molecule has 1 saturated heterocycles. The van der Waals surface area contributed by atoms with Crippen LogP contribution in [0.1, 0.15) is 38.7 Å². The fourth-order valence-corrected chi connectivity index (χ4v) is 5.42. The van der Waals surface area contributed by atoms with Crippen molar-refractivity contribution in [1.82, 2.24) is 4.90 Å². The van der Waals surface area contributed by atoms with Crippen LogP contribution in [0.25, 0.3) is 0 Å². The Morgan fingerprint density at radius 1 is 1.09 bits per heavy atom. The number of sulfone groups is 1. The second-order valence-corrected chi connectivity index (χ2v) is 10.2. The number of nitrogens with zero attached hydrogens (tertiary/aromatic N) is 1. The maximum absolute atomic E-state index is 13.5. The first-order valence-electron chi connectivity index (χ1n) is 11.0. The number of hydrogen-bond donors (Lipinski definition) is 0. The summed E-state index contributed by atoms with van der Waals surface area (Å²) in [4.78, 5) is 15.1. The summed E-state index contributed by atoms with van der Waals surface area (Å²) in [5.41, 5.74) is 0.878. The number of halogens is 1. The molecule has 3 rings (SSSR count). The molecular weight excluding hydrogens is 433 g/mol. The molecule has 174 valence electrons. The second-order valence-electron chi connectivity index (χ2n) is 7.98. The Morgan fingerprint density at radius 2 is 1.75 bits per heavy atom. The monoisotopic (exact) mass is 463 g/mol. The Hall–Kier alpha value is -2.61. The molecule has 1 aliphatic heterocycles. The molecule has 1 fully saturated rings. The van der Waals surface area contributed by atoms with Gasteiger partial charge in [0.15, 0.2) is 15.9 Å². The van der Waals surface area contributed by atoms with E-state index in [1.54, 1.807) is 4.90 Å². The van der Waals surface area contributed by atoms with E-state index >= 15 is 0 Å². The van der Waals surface area contributed by atoms with Crippen molar-refractivity contribution in [3.05, 3.63) is 59.9 Å². The zero-order valence-electron chi connectivity index (χ0n) is 18.5. The van der Waals surface area contributed by atoms with Gasteiger partial charge in [-0.25, -0.2) is 12.8 Å². The van der Waals surface area contributed by atoms with Gasteiger partial charge in [0.1, 0.15) is 17.3 Å². The van der Waals surface area contributed by atoms with Gasteiger partial charge in [0, 0.05) is 12.6 Å². The quantitative estimate of drug-likeness (QED) is 0.533. The SMILES string of the molecule is CCCOc1ccc(CN(C(=O)C(CC)Oc2ccc(F)cc2)C2CCS(=O)(=O)C2)cc1. The molecule has 2 unspecified atom stereocenters. The van der Waals surface area contributed by atoms with E-state index in [2.05, 4.69) is 0 Å². The van der Waals surface area contributed by atoms with Crippen molar-refractivity contribution < 1.29 is 27.1 Å². The van der Waals surface area contributed by atoms with Crippen LogP contribution in [0.3, 0.4) is 0 Å². The molecule has 0 aromatic heterocycles. The highest BCUT2D eigenvalue weighted by atomic mass is 32.2. The smallest absolute Gasteiger partial charge is 0.264 e. The van der Waals surface area contributed by atoms with Crippen molar-refractivity contribution in [3.8, 4) is 11.5 Å². The Balaban J connectivity index is 1.79. The van der Waals surface area contributed by atoms with E-state index in [0.717, 1.165) is 17.7 Å². The number of benzene rings is 2. The van der Waals surface area contributed by atoms with E-state index in [-0.39, 0.29) is 29.8 Å². The van der Waals surface area contributed by atoms with Gasteiger partial charge in [0.2, 0.25) is 0 Å². The normalized spacial score (nSPS) is 18.2. The molecule has 2 aromatic carbocycles. The molecule has 2 atom stereocenters. The maximum atomic E-state index is 13.5. The Bertz CT molecular complexity index is 992. The topological polar surface area (TPSA) is 72.9 Å². The molecule has 0 spiro atoms. The molecule has 1 amide bonds. The van der Waals surface area contributed by atoms with Gasteiger partial charge in [-0.2, -0.15) is 0 Å². The van der Waals surface area contributed by atoms with Gasteiger partial charge in [0.25, 0.3) is 5.91 Å². The van der Waals surface area contributed by atoms with Crippen LogP contribution in [0.4, 0.5) is 4.39 Å². The molecule has 6 nitrogen and oxygen atoms in total. The van der Waals surface area contributed by atoms with Crippen molar-refractivity contribution >= 4 is 15.7 Å². The van der Waals surface area contributed by atoms with Crippen molar-refractivity contribution in [2.45, 2.75) is 51.8 Å². The summed E-state index contributed by atoms with van der Waals surface area (Å²) >= 11 is 0. The van der Waals surface area contributed by atoms with Crippen LogP contribution in [0.5, 0.6) is 11.5 Å². The Labute approximate surface area is 189 Å². The van der Waals surface area contributed by atoms with E-state index in [4.69, 9.17) is 9.47 Å². The van der Waals surface area contributed by atoms with Crippen LogP contribution in [0.2, 0.25) is 0 Å². The van der Waals surface area contributed by atoms with Crippen LogP contribution in [-0.4, -0.2) is 49.5 Å². The van der Waals surface area contributed by atoms with Crippen molar-refractivity contribution in [2.75, 3.05) is 18.1 Å². The lowest BCUT2D eigenvalue weighted by Crippen LogP contribution is -2.47. The van der Waals surface area contributed by atoms with Gasteiger partial charge < -0.3 is 14.4 Å².